The van der Waals surface area contributed by atoms with Crippen molar-refractivity contribution in [1.82, 2.24) is 9.80 Å². The Kier molecular flexibility index (Phi) is 3.58. The average molecular weight is 337 g/mol. The van der Waals surface area contributed by atoms with Crippen LogP contribution in [0.5, 0.6) is 0 Å². The minimum absolute atomic E-state index is 0.0744. The molecule has 2 unspecified atom stereocenters. The number of hydrogen-bond acceptors (Lipinski definition) is 3. The highest BCUT2D eigenvalue weighted by molar-refractivity contribution is 8.02. The van der Waals surface area contributed by atoms with Crippen molar-refractivity contribution in [3.8, 4) is 0 Å². The third kappa shape index (κ3) is 1.83. The van der Waals surface area contributed by atoms with E-state index in [-0.39, 0.29) is 10.3 Å². The van der Waals surface area contributed by atoms with E-state index in [2.05, 4.69) is 56.1 Å². The van der Waals surface area contributed by atoms with E-state index in [4.69, 9.17) is 24.4 Å². The van der Waals surface area contributed by atoms with Gasteiger partial charge in [0, 0.05) is 31.2 Å². The maximum atomic E-state index is 5.74. The second-order valence-corrected chi connectivity index (χ2v) is 8.30. The molecule has 112 valence electrons. The van der Waals surface area contributed by atoms with Crippen LogP contribution < -0.4 is 0 Å². The van der Waals surface area contributed by atoms with Gasteiger partial charge in [-0.05, 0) is 17.8 Å². The summed E-state index contributed by atoms with van der Waals surface area (Å²) in [5.41, 5.74) is 1.27. The van der Waals surface area contributed by atoms with Crippen molar-refractivity contribution in [3.05, 3.63) is 35.9 Å². The molecule has 2 nitrogen and oxygen atoms in total. The van der Waals surface area contributed by atoms with Gasteiger partial charge in [0.25, 0.3) is 0 Å². The molecule has 0 amide bonds. The van der Waals surface area contributed by atoms with Crippen LogP contribution in [0.25, 0.3) is 0 Å². The summed E-state index contributed by atoms with van der Waals surface area (Å²) in [4.78, 5) is 5.12. The lowest BCUT2D eigenvalue weighted by molar-refractivity contribution is 0.124. The van der Waals surface area contributed by atoms with E-state index < -0.39 is 0 Å². The maximum absolute atomic E-state index is 5.74. The number of rotatable bonds is 1. The topological polar surface area (TPSA) is 6.48 Å². The Balaban J connectivity index is 2.10. The Morgan fingerprint density at radius 3 is 2.29 bits per heavy atom. The lowest BCUT2D eigenvalue weighted by Crippen LogP contribution is -2.74. The Hall–Kier alpha value is -0.650. The second kappa shape index (κ2) is 4.93. The van der Waals surface area contributed by atoms with Crippen LogP contribution >= 0.6 is 36.2 Å². The summed E-state index contributed by atoms with van der Waals surface area (Å²) in [5, 5.41) is 0.826. The van der Waals surface area contributed by atoms with Gasteiger partial charge in [0.05, 0.1) is 4.99 Å². The molecule has 2 heterocycles. The van der Waals surface area contributed by atoms with Gasteiger partial charge in [0.2, 0.25) is 0 Å². The zero-order chi connectivity index (χ0) is 15.4. The predicted octanol–water partition coefficient (Wildman–Crippen LogP) is 3.73. The Bertz CT molecular complexity index is 599. The van der Waals surface area contributed by atoms with Crippen LogP contribution in [0.4, 0.5) is 0 Å². The van der Waals surface area contributed by atoms with Crippen LogP contribution in [-0.2, 0) is 0 Å². The van der Waals surface area contributed by atoms with Gasteiger partial charge in [-0.2, -0.15) is 0 Å². The molecular weight excluding hydrogens is 316 g/mol. The molecule has 0 radical (unpaired) electrons. The summed E-state index contributed by atoms with van der Waals surface area (Å²) in [5.74, 6) is 1.57. The molecule has 2 saturated heterocycles. The van der Waals surface area contributed by atoms with Gasteiger partial charge in [-0.1, -0.05) is 56.4 Å². The van der Waals surface area contributed by atoms with Crippen LogP contribution in [0, 0.1) is 5.41 Å². The molecule has 1 aromatic carbocycles. The van der Waals surface area contributed by atoms with Gasteiger partial charge in [0.15, 0.2) is 5.11 Å². The van der Waals surface area contributed by atoms with Gasteiger partial charge in [-0.15, -0.1) is 11.8 Å². The standard InChI is InChI=1S/C16H20N2S3/c1-15(2)13(19)17(3)14(20)18(4)16(15)12(10-21-16)11-8-6-5-7-9-11/h5-9,12H,10H2,1-4H3. The van der Waals surface area contributed by atoms with E-state index in [9.17, 15) is 0 Å². The largest absolute Gasteiger partial charge is 0.336 e. The van der Waals surface area contributed by atoms with E-state index >= 15 is 0 Å². The van der Waals surface area contributed by atoms with Crippen molar-refractivity contribution in [2.24, 2.45) is 5.41 Å². The molecular formula is C16H20N2S3. The quantitative estimate of drug-likeness (QED) is 0.719. The molecule has 1 aromatic rings. The normalized spacial score (nSPS) is 31.5. The number of likely N-dealkylation sites (N-methyl/N-ethyl adjacent to an activating group) is 1. The molecule has 1 spiro atoms. The molecule has 2 aliphatic heterocycles. The monoisotopic (exact) mass is 336 g/mol. The van der Waals surface area contributed by atoms with Crippen LogP contribution in [0.15, 0.2) is 30.3 Å². The highest BCUT2D eigenvalue weighted by Gasteiger charge is 2.65. The SMILES string of the molecule is CN1C(=S)N(C)C2(SCC2c2ccccc2)C(C)(C)C1=S. The molecule has 0 bridgehead atoms. The molecule has 0 aliphatic carbocycles. The predicted molar refractivity (Wildman–Crippen MR) is 98.9 cm³/mol. The number of nitrogens with zero attached hydrogens (tertiary/aromatic N) is 2. The minimum atomic E-state index is -0.114. The summed E-state index contributed by atoms with van der Waals surface area (Å²) < 4.78 is 0. The third-order valence-electron chi connectivity index (χ3n) is 4.95. The molecule has 2 atom stereocenters. The fraction of sp³-hybridized carbons (Fsp3) is 0.500. The van der Waals surface area contributed by atoms with Crippen molar-refractivity contribution >= 4 is 46.3 Å². The molecule has 21 heavy (non-hydrogen) atoms. The fourth-order valence-electron chi connectivity index (χ4n) is 3.72. The van der Waals surface area contributed by atoms with Crippen LogP contribution in [0.1, 0.15) is 25.3 Å². The van der Waals surface area contributed by atoms with E-state index in [0.717, 1.165) is 15.9 Å². The molecule has 5 heteroatoms. The first-order chi connectivity index (χ1) is 9.84. The minimum Gasteiger partial charge on any atom is -0.336 e. The summed E-state index contributed by atoms with van der Waals surface area (Å²) in [6.07, 6.45) is 0. The number of thiocarbonyl (C=S) groups is 2. The smallest absolute Gasteiger partial charge is 0.177 e. The first-order valence-electron chi connectivity index (χ1n) is 7.09. The molecule has 3 rings (SSSR count). The van der Waals surface area contributed by atoms with Gasteiger partial charge < -0.3 is 9.80 Å². The molecule has 0 aromatic heterocycles. The van der Waals surface area contributed by atoms with Gasteiger partial charge in [-0.3, -0.25) is 0 Å². The van der Waals surface area contributed by atoms with Crippen molar-refractivity contribution in [2.75, 3.05) is 19.8 Å². The third-order valence-corrected chi connectivity index (χ3v) is 8.29. The van der Waals surface area contributed by atoms with Crippen molar-refractivity contribution in [1.29, 1.82) is 0 Å². The first-order valence-corrected chi connectivity index (χ1v) is 8.89. The summed E-state index contributed by atoms with van der Waals surface area (Å²) in [6, 6.07) is 10.7. The van der Waals surface area contributed by atoms with Gasteiger partial charge in [-0.25, -0.2) is 0 Å². The van der Waals surface area contributed by atoms with Crippen LogP contribution in [-0.4, -0.2) is 44.6 Å². The first kappa shape index (κ1) is 15.3. The van der Waals surface area contributed by atoms with Gasteiger partial charge >= 0.3 is 0 Å². The van der Waals surface area contributed by atoms with Gasteiger partial charge in [0.1, 0.15) is 4.87 Å². The molecule has 0 N–H and O–H groups in total. The Labute approximate surface area is 141 Å². The summed E-state index contributed by atoms with van der Waals surface area (Å²) in [6.45, 7) is 4.51. The number of hydrogen-bond donors (Lipinski definition) is 0. The van der Waals surface area contributed by atoms with Crippen molar-refractivity contribution < 1.29 is 0 Å². The van der Waals surface area contributed by atoms with Crippen molar-refractivity contribution in [2.45, 2.75) is 24.6 Å². The summed E-state index contributed by atoms with van der Waals surface area (Å²) >= 11 is 13.4. The molecule has 2 fully saturated rings. The maximum Gasteiger partial charge on any atom is 0.177 e. The lowest BCUT2D eigenvalue weighted by Gasteiger charge is -2.66. The van der Waals surface area contributed by atoms with E-state index in [0.29, 0.717) is 5.92 Å². The van der Waals surface area contributed by atoms with Crippen molar-refractivity contribution in [3.63, 3.8) is 0 Å². The highest BCUT2D eigenvalue weighted by Crippen LogP contribution is 2.64. The van der Waals surface area contributed by atoms with Crippen LogP contribution in [0.2, 0.25) is 0 Å². The molecule has 0 saturated carbocycles. The second-order valence-electron chi connectivity index (χ2n) is 6.30. The zero-order valence-electron chi connectivity index (χ0n) is 12.8. The summed E-state index contributed by atoms with van der Waals surface area (Å²) in [7, 11) is 4.10. The lowest BCUT2D eigenvalue weighted by atomic mass is 9.71. The molecule has 2 aliphatic rings. The Morgan fingerprint density at radius 2 is 1.76 bits per heavy atom. The zero-order valence-corrected chi connectivity index (χ0v) is 15.2. The van der Waals surface area contributed by atoms with E-state index in [1.807, 2.05) is 23.7 Å². The van der Waals surface area contributed by atoms with E-state index in [1.54, 1.807) is 0 Å². The van der Waals surface area contributed by atoms with Crippen LogP contribution in [0.3, 0.4) is 0 Å². The number of thioether (sulfide) groups is 1. The Morgan fingerprint density at radius 1 is 1.14 bits per heavy atom. The van der Waals surface area contributed by atoms with E-state index in [1.165, 1.54) is 5.56 Å². The average Bonchev–Trinajstić information content (AvgIpc) is 2.43. The fourth-order valence-corrected chi connectivity index (χ4v) is 6.10. The number of benzene rings is 1. The highest BCUT2D eigenvalue weighted by atomic mass is 32.2.